The summed E-state index contributed by atoms with van der Waals surface area (Å²) < 4.78 is 0. The number of aromatic nitrogens is 1. The molecule has 0 saturated carbocycles. The molecule has 1 aromatic carbocycles. The molecule has 114 valence electrons. The molecule has 2 amide bonds. The molecule has 5 heteroatoms. The number of benzene rings is 1. The van der Waals surface area contributed by atoms with Crippen molar-refractivity contribution in [1.29, 1.82) is 0 Å². The van der Waals surface area contributed by atoms with Crippen LogP contribution in [0.3, 0.4) is 0 Å². The van der Waals surface area contributed by atoms with Gasteiger partial charge in [-0.3, -0.25) is 14.6 Å². The number of amides is 2. The second-order valence-electron chi connectivity index (χ2n) is 5.06. The highest BCUT2D eigenvalue weighted by Crippen LogP contribution is 2.13. The van der Waals surface area contributed by atoms with Crippen LogP contribution >= 0.6 is 0 Å². The van der Waals surface area contributed by atoms with Crippen LogP contribution in [0.1, 0.15) is 18.2 Å². The fourth-order valence-electron chi connectivity index (χ4n) is 2.04. The lowest BCUT2D eigenvalue weighted by Crippen LogP contribution is -2.36. The molecule has 0 fully saturated rings. The lowest BCUT2D eigenvalue weighted by atomic mass is 10.2. The standard InChI is InChI=1S/C17H19N3O2/c1-13-7-3-4-9-16(13)19-17(22)12-20(14(2)21)11-15-8-5-6-10-18-15/h3-10H,11-12H2,1-2H3,(H,19,22). The first kappa shape index (κ1) is 15.7. The molecular formula is C17H19N3O2. The van der Waals surface area contributed by atoms with Gasteiger partial charge in [0.25, 0.3) is 0 Å². The fraction of sp³-hybridized carbons (Fsp3) is 0.235. The van der Waals surface area contributed by atoms with Crippen LogP contribution in [0.15, 0.2) is 48.7 Å². The van der Waals surface area contributed by atoms with Gasteiger partial charge in [0.05, 0.1) is 12.2 Å². The van der Waals surface area contributed by atoms with Crippen molar-refractivity contribution in [3.8, 4) is 0 Å². The normalized spacial score (nSPS) is 10.1. The van der Waals surface area contributed by atoms with Gasteiger partial charge in [-0.15, -0.1) is 0 Å². The fourth-order valence-corrected chi connectivity index (χ4v) is 2.04. The Bertz CT molecular complexity index is 656. The molecule has 0 saturated heterocycles. The minimum absolute atomic E-state index is 0.000240. The van der Waals surface area contributed by atoms with E-state index in [-0.39, 0.29) is 18.4 Å². The minimum Gasteiger partial charge on any atom is -0.328 e. The third-order valence-corrected chi connectivity index (χ3v) is 3.28. The Kier molecular flexibility index (Phi) is 5.25. The molecule has 0 unspecified atom stereocenters. The summed E-state index contributed by atoms with van der Waals surface area (Å²) in [6.45, 7) is 3.69. The summed E-state index contributed by atoms with van der Waals surface area (Å²) in [7, 11) is 0. The summed E-state index contributed by atoms with van der Waals surface area (Å²) in [4.78, 5) is 29.5. The van der Waals surface area contributed by atoms with E-state index in [9.17, 15) is 9.59 Å². The first-order valence-electron chi connectivity index (χ1n) is 7.07. The van der Waals surface area contributed by atoms with E-state index in [1.54, 1.807) is 6.20 Å². The second kappa shape index (κ2) is 7.36. The predicted molar refractivity (Wildman–Crippen MR) is 85.1 cm³/mol. The van der Waals surface area contributed by atoms with Gasteiger partial charge in [0, 0.05) is 18.8 Å². The third kappa shape index (κ3) is 4.41. The molecule has 0 aliphatic heterocycles. The number of carbonyl (C=O) groups is 2. The van der Waals surface area contributed by atoms with E-state index in [0.717, 1.165) is 16.9 Å². The van der Waals surface area contributed by atoms with E-state index in [2.05, 4.69) is 10.3 Å². The molecule has 0 radical (unpaired) electrons. The molecule has 22 heavy (non-hydrogen) atoms. The molecule has 2 aromatic rings. The number of nitrogens with zero attached hydrogens (tertiary/aromatic N) is 2. The van der Waals surface area contributed by atoms with Gasteiger partial charge < -0.3 is 10.2 Å². The number of carbonyl (C=O) groups excluding carboxylic acids is 2. The average Bonchev–Trinajstić information content (AvgIpc) is 2.50. The van der Waals surface area contributed by atoms with Crippen LogP contribution in [0, 0.1) is 6.92 Å². The number of para-hydroxylation sites is 1. The number of aryl methyl sites for hydroxylation is 1. The van der Waals surface area contributed by atoms with Crippen molar-refractivity contribution < 1.29 is 9.59 Å². The number of hydrogen-bond acceptors (Lipinski definition) is 3. The number of nitrogens with one attached hydrogen (secondary N) is 1. The van der Waals surface area contributed by atoms with Crippen LogP contribution in [-0.2, 0) is 16.1 Å². The van der Waals surface area contributed by atoms with Gasteiger partial charge in [0.15, 0.2) is 0 Å². The first-order valence-corrected chi connectivity index (χ1v) is 7.07. The minimum atomic E-state index is -0.222. The lowest BCUT2D eigenvalue weighted by Gasteiger charge is -2.20. The summed E-state index contributed by atoms with van der Waals surface area (Å²) >= 11 is 0. The molecule has 5 nitrogen and oxygen atoms in total. The zero-order valence-corrected chi connectivity index (χ0v) is 12.7. The largest absolute Gasteiger partial charge is 0.328 e. The molecule has 0 atom stereocenters. The van der Waals surface area contributed by atoms with E-state index < -0.39 is 0 Å². The highest BCUT2D eigenvalue weighted by molar-refractivity contribution is 5.94. The van der Waals surface area contributed by atoms with Gasteiger partial charge in [-0.2, -0.15) is 0 Å². The molecule has 0 bridgehead atoms. The van der Waals surface area contributed by atoms with E-state index in [1.165, 1.54) is 11.8 Å². The maximum Gasteiger partial charge on any atom is 0.244 e. The van der Waals surface area contributed by atoms with Crippen molar-refractivity contribution in [3.63, 3.8) is 0 Å². The number of anilines is 1. The Morgan fingerprint density at radius 1 is 1.14 bits per heavy atom. The zero-order chi connectivity index (χ0) is 15.9. The van der Waals surface area contributed by atoms with Crippen molar-refractivity contribution in [2.24, 2.45) is 0 Å². The summed E-state index contributed by atoms with van der Waals surface area (Å²) in [5.41, 5.74) is 2.49. The lowest BCUT2D eigenvalue weighted by molar-refractivity contribution is -0.133. The molecule has 0 spiro atoms. The first-order chi connectivity index (χ1) is 10.6. The van der Waals surface area contributed by atoms with Crippen molar-refractivity contribution >= 4 is 17.5 Å². The maximum atomic E-state index is 12.1. The highest BCUT2D eigenvalue weighted by atomic mass is 16.2. The number of pyridine rings is 1. The van der Waals surface area contributed by atoms with Crippen molar-refractivity contribution in [3.05, 3.63) is 59.9 Å². The maximum absolute atomic E-state index is 12.1. The van der Waals surface area contributed by atoms with Crippen LogP contribution in [-0.4, -0.2) is 28.2 Å². The molecule has 0 aliphatic rings. The van der Waals surface area contributed by atoms with E-state index in [1.807, 2.05) is 49.4 Å². The van der Waals surface area contributed by atoms with Crippen molar-refractivity contribution in [1.82, 2.24) is 9.88 Å². The average molecular weight is 297 g/mol. The van der Waals surface area contributed by atoms with E-state index in [0.29, 0.717) is 6.54 Å². The van der Waals surface area contributed by atoms with Gasteiger partial charge in [-0.1, -0.05) is 24.3 Å². The summed E-state index contributed by atoms with van der Waals surface area (Å²) in [6, 6.07) is 13.0. The molecular weight excluding hydrogens is 278 g/mol. The van der Waals surface area contributed by atoms with Crippen LogP contribution in [0.5, 0.6) is 0 Å². The smallest absolute Gasteiger partial charge is 0.244 e. The molecule has 2 rings (SSSR count). The van der Waals surface area contributed by atoms with Crippen LogP contribution in [0.25, 0.3) is 0 Å². The van der Waals surface area contributed by atoms with Gasteiger partial charge in [0.1, 0.15) is 6.54 Å². The number of hydrogen-bond donors (Lipinski definition) is 1. The summed E-state index contributed by atoms with van der Waals surface area (Å²) in [5.74, 6) is -0.383. The Hall–Kier alpha value is -2.69. The van der Waals surface area contributed by atoms with Gasteiger partial charge >= 0.3 is 0 Å². The van der Waals surface area contributed by atoms with Gasteiger partial charge in [-0.25, -0.2) is 0 Å². The Labute approximate surface area is 130 Å². The molecule has 1 aromatic heterocycles. The number of rotatable bonds is 5. The molecule has 1 N–H and O–H groups in total. The summed E-state index contributed by atoms with van der Waals surface area (Å²) in [6.07, 6.45) is 1.67. The zero-order valence-electron chi connectivity index (χ0n) is 12.7. The van der Waals surface area contributed by atoms with Crippen molar-refractivity contribution in [2.45, 2.75) is 20.4 Å². The Morgan fingerprint density at radius 3 is 2.50 bits per heavy atom. The summed E-state index contributed by atoms with van der Waals surface area (Å²) in [5, 5.41) is 2.83. The van der Waals surface area contributed by atoms with Crippen molar-refractivity contribution in [2.75, 3.05) is 11.9 Å². The van der Waals surface area contributed by atoms with Crippen LogP contribution < -0.4 is 5.32 Å². The van der Waals surface area contributed by atoms with Gasteiger partial charge in [-0.05, 0) is 30.7 Å². The molecule has 1 heterocycles. The Balaban J connectivity index is 2.00. The van der Waals surface area contributed by atoms with Crippen LogP contribution in [0.2, 0.25) is 0 Å². The highest BCUT2D eigenvalue weighted by Gasteiger charge is 2.15. The topological polar surface area (TPSA) is 62.3 Å². The van der Waals surface area contributed by atoms with Gasteiger partial charge in [0.2, 0.25) is 11.8 Å². The quantitative estimate of drug-likeness (QED) is 0.921. The molecule has 0 aliphatic carbocycles. The van der Waals surface area contributed by atoms with E-state index in [4.69, 9.17) is 0 Å². The monoisotopic (exact) mass is 297 g/mol. The predicted octanol–water partition coefficient (Wildman–Crippen LogP) is 2.38. The van der Waals surface area contributed by atoms with Crippen LogP contribution in [0.4, 0.5) is 5.69 Å². The Morgan fingerprint density at radius 2 is 1.86 bits per heavy atom. The third-order valence-electron chi connectivity index (χ3n) is 3.28. The van der Waals surface area contributed by atoms with E-state index >= 15 is 0 Å². The second-order valence-corrected chi connectivity index (χ2v) is 5.06. The SMILES string of the molecule is CC(=O)N(CC(=O)Nc1ccccc1C)Cc1ccccn1.